The first-order valence-electron chi connectivity index (χ1n) is 8.25. The van der Waals surface area contributed by atoms with Gasteiger partial charge >= 0.3 is 5.97 Å². The van der Waals surface area contributed by atoms with Gasteiger partial charge in [0.25, 0.3) is 0 Å². The van der Waals surface area contributed by atoms with Crippen LogP contribution in [0.3, 0.4) is 0 Å². The van der Waals surface area contributed by atoms with Crippen LogP contribution in [-0.2, 0) is 9.53 Å². The van der Waals surface area contributed by atoms with E-state index in [2.05, 4.69) is 5.32 Å². The Balaban J connectivity index is 1.73. The third kappa shape index (κ3) is 3.34. The molecular formula is C20H16ClN3O2. The number of cyclic esters (lactones) is 1. The molecule has 1 N–H and O–H groups in total. The number of esters is 1. The lowest BCUT2D eigenvalue weighted by Gasteiger charge is -2.07. The summed E-state index contributed by atoms with van der Waals surface area (Å²) in [7, 11) is 0. The van der Waals surface area contributed by atoms with Crippen LogP contribution < -0.4 is 5.32 Å². The van der Waals surface area contributed by atoms with Crippen LogP contribution in [-0.4, -0.2) is 22.4 Å². The summed E-state index contributed by atoms with van der Waals surface area (Å²) in [5, 5.41) is 8.59. The number of rotatable bonds is 4. The molecule has 26 heavy (non-hydrogen) atoms. The smallest absolute Gasteiger partial charge is 0.335 e. The summed E-state index contributed by atoms with van der Waals surface area (Å²) in [4.78, 5) is 11.6. The molecule has 1 fully saturated rings. The summed E-state index contributed by atoms with van der Waals surface area (Å²) in [6.07, 6.45) is 2.30. The van der Waals surface area contributed by atoms with Gasteiger partial charge < -0.3 is 10.1 Å². The lowest BCUT2D eigenvalue weighted by atomic mass is 10.1. The molecule has 3 aromatic rings. The monoisotopic (exact) mass is 365 g/mol. The minimum absolute atomic E-state index is 0.277. The number of nitrogens with zero attached hydrogens (tertiary/aromatic N) is 2. The molecule has 2 aromatic carbocycles. The fourth-order valence-corrected chi connectivity index (χ4v) is 2.88. The third-order valence-corrected chi connectivity index (χ3v) is 4.36. The van der Waals surface area contributed by atoms with Gasteiger partial charge in [0.05, 0.1) is 23.6 Å². The lowest BCUT2D eigenvalue weighted by molar-refractivity contribution is -0.135. The molecule has 5 nitrogen and oxygen atoms in total. The van der Waals surface area contributed by atoms with Gasteiger partial charge in [-0.3, -0.25) is 0 Å². The highest BCUT2D eigenvalue weighted by molar-refractivity contribution is 6.30. The van der Waals surface area contributed by atoms with Gasteiger partial charge in [-0.2, -0.15) is 5.10 Å². The molecule has 0 radical (unpaired) electrons. The fourth-order valence-electron chi connectivity index (χ4n) is 2.75. The summed E-state index contributed by atoms with van der Waals surface area (Å²) in [6, 6.07) is 19.3. The summed E-state index contributed by atoms with van der Waals surface area (Å²) in [5.41, 5.74) is 3.31. The van der Waals surface area contributed by atoms with E-state index in [-0.39, 0.29) is 5.97 Å². The van der Waals surface area contributed by atoms with Gasteiger partial charge in [0.2, 0.25) is 0 Å². The normalized spacial score (nSPS) is 15.3. The van der Waals surface area contributed by atoms with Crippen molar-refractivity contribution in [1.29, 1.82) is 0 Å². The van der Waals surface area contributed by atoms with Crippen molar-refractivity contribution in [3.63, 3.8) is 0 Å². The number of ether oxygens (including phenoxy) is 1. The van der Waals surface area contributed by atoms with Crippen LogP contribution in [0.2, 0.25) is 5.02 Å². The van der Waals surface area contributed by atoms with E-state index in [9.17, 15) is 4.79 Å². The molecular weight excluding hydrogens is 350 g/mol. The summed E-state index contributed by atoms with van der Waals surface area (Å²) in [5.74, 6) is 0.481. The number of para-hydroxylation sites is 1. The number of benzene rings is 2. The Bertz CT molecular complexity index is 962. The molecule has 4 rings (SSSR count). The zero-order valence-electron chi connectivity index (χ0n) is 13.9. The molecule has 0 atom stereocenters. The molecule has 1 aliphatic heterocycles. The standard InChI is InChI=1S/C20H16ClN3O2/c21-16-8-6-14(7-9-16)18-12-19(22-13-15-10-11-26-20(15)25)24(23-18)17-4-2-1-3-5-17/h1-9,12-13,22H,10-11H2/b15-13-. The third-order valence-electron chi connectivity index (χ3n) is 4.11. The van der Waals surface area contributed by atoms with Crippen LogP contribution in [0.5, 0.6) is 0 Å². The number of hydrogen-bond donors (Lipinski definition) is 1. The van der Waals surface area contributed by atoms with Crippen molar-refractivity contribution in [3.05, 3.63) is 77.5 Å². The maximum Gasteiger partial charge on any atom is 0.335 e. The van der Waals surface area contributed by atoms with E-state index in [0.29, 0.717) is 23.6 Å². The topological polar surface area (TPSA) is 56.1 Å². The predicted octanol–water partition coefficient (Wildman–Crippen LogP) is 4.44. The minimum atomic E-state index is -0.277. The molecule has 0 amide bonds. The van der Waals surface area contributed by atoms with E-state index in [4.69, 9.17) is 21.4 Å². The average molecular weight is 366 g/mol. The van der Waals surface area contributed by atoms with E-state index in [1.807, 2.05) is 60.7 Å². The van der Waals surface area contributed by atoms with E-state index >= 15 is 0 Å². The first kappa shape index (κ1) is 16.4. The highest BCUT2D eigenvalue weighted by Gasteiger charge is 2.19. The number of carbonyl (C=O) groups excluding carboxylic acids is 1. The van der Waals surface area contributed by atoms with Gasteiger partial charge in [-0.1, -0.05) is 41.9 Å². The Labute approximate surface area is 155 Å². The second kappa shape index (κ2) is 7.06. The van der Waals surface area contributed by atoms with E-state index in [1.54, 1.807) is 10.9 Å². The average Bonchev–Trinajstić information content (AvgIpc) is 3.27. The van der Waals surface area contributed by atoms with Crippen molar-refractivity contribution in [2.24, 2.45) is 0 Å². The molecule has 6 heteroatoms. The van der Waals surface area contributed by atoms with Crippen molar-refractivity contribution >= 4 is 23.4 Å². The number of carbonyl (C=O) groups is 1. The van der Waals surface area contributed by atoms with Crippen molar-refractivity contribution < 1.29 is 9.53 Å². The first-order valence-corrected chi connectivity index (χ1v) is 8.62. The highest BCUT2D eigenvalue weighted by atomic mass is 35.5. The van der Waals surface area contributed by atoms with Crippen LogP contribution in [0.4, 0.5) is 5.82 Å². The molecule has 1 aromatic heterocycles. The predicted molar refractivity (Wildman–Crippen MR) is 101 cm³/mol. The maximum atomic E-state index is 11.6. The van der Waals surface area contributed by atoms with E-state index in [0.717, 1.165) is 22.8 Å². The molecule has 1 saturated heterocycles. The van der Waals surface area contributed by atoms with Crippen LogP contribution in [0, 0.1) is 0 Å². The van der Waals surface area contributed by atoms with Crippen molar-refractivity contribution in [2.45, 2.75) is 6.42 Å². The lowest BCUT2D eigenvalue weighted by Crippen LogP contribution is -2.04. The van der Waals surface area contributed by atoms with Crippen LogP contribution in [0.15, 0.2) is 72.4 Å². The Kier molecular flexibility index (Phi) is 4.46. The molecule has 1 aliphatic rings. The van der Waals surface area contributed by atoms with E-state index < -0.39 is 0 Å². The number of hydrogen-bond acceptors (Lipinski definition) is 4. The SMILES string of the molecule is O=C1OCC/C1=C/Nc1cc(-c2ccc(Cl)cc2)nn1-c1ccccc1. The Morgan fingerprint density at radius 2 is 1.88 bits per heavy atom. The molecule has 0 bridgehead atoms. The molecule has 0 saturated carbocycles. The molecule has 0 aliphatic carbocycles. The molecule has 0 unspecified atom stereocenters. The highest BCUT2D eigenvalue weighted by Crippen LogP contribution is 2.26. The zero-order chi connectivity index (χ0) is 17.9. The van der Waals surface area contributed by atoms with Crippen molar-refractivity contribution in [1.82, 2.24) is 9.78 Å². The van der Waals surface area contributed by atoms with Crippen molar-refractivity contribution in [2.75, 3.05) is 11.9 Å². The largest absolute Gasteiger partial charge is 0.462 e. The maximum absolute atomic E-state index is 11.6. The fraction of sp³-hybridized carbons (Fsp3) is 0.100. The minimum Gasteiger partial charge on any atom is -0.462 e. The second-order valence-corrected chi connectivity index (χ2v) is 6.31. The number of halogens is 1. The molecule has 130 valence electrons. The number of nitrogens with one attached hydrogen (secondary N) is 1. The van der Waals surface area contributed by atoms with Crippen LogP contribution in [0.25, 0.3) is 16.9 Å². The summed E-state index contributed by atoms with van der Waals surface area (Å²) >= 11 is 5.98. The second-order valence-electron chi connectivity index (χ2n) is 5.87. The van der Waals surface area contributed by atoms with Gasteiger partial charge in [0.1, 0.15) is 5.82 Å². The van der Waals surface area contributed by atoms with Crippen LogP contribution in [0.1, 0.15) is 6.42 Å². The molecule has 2 heterocycles. The number of anilines is 1. The quantitative estimate of drug-likeness (QED) is 0.548. The van der Waals surface area contributed by atoms with Crippen molar-refractivity contribution in [3.8, 4) is 16.9 Å². The van der Waals surface area contributed by atoms with E-state index in [1.165, 1.54) is 0 Å². The number of aromatic nitrogens is 2. The first-order chi connectivity index (χ1) is 12.7. The van der Waals surface area contributed by atoms with Gasteiger partial charge in [-0.05, 0) is 24.3 Å². The zero-order valence-corrected chi connectivity index (χ0v) is 14.6. The van der Waals surface area contributed by atoms with Crippen LogP contribution >= 0.6 is 11.6 Å². The Morgan fingerprint density at radius 3 is 2.58 bits per heavy atom. The summed E-state index contributed by atoms with van der Waals surface area (Å²) in [6.45, 7) is 0.431. The van der Waals surface area contributed by atoms with Gasteiger partial charge in [0.15, 0.2) is 0 Å². The Morgan fingerprint density at radius 1 is 1.12 bits per heavy atom. The Hall–Kier alpha value is -3.05. The molecule has 0 spiro atoms. The van der Waals surface area contributed by atoms with Gasteiger partial charge in [-0.25, -0.2) is 9.48 Å². The summed E-state index contributed by atoms with van der Waals surface area (Å²) < 4.78 is 6.78. The van der Waals surface area contributed by atoms with Gasteiger partial charge in [0, 0.05) is 29.3 Å². The van der Waals surface area contributed by atoms with Gasteiger partial charge in [-0.15, -0.1) is 0 Å².